The molecule has 0 saturated carbocycles. The van der Waals surface area contributed by atoms with Crippen molar-refractivity contribution in [3.8, 4) is 0 Å². The summed E-state index contributed by atoms with van der Waals surface area (Å²) in [7, 11) is 0. The molecular formula is C23H17F2N3O3S. The van der Waals surface area contributed by atoms with E-state index in [-0.39, 0.29) is 22.4 Å². The number of ether oxygens (including phenoxy) is 1. The number of anilines is 2. The van der Waals surface area contributed by atoms with Gasteiger partial charge in [-0.3, -0.25) is 9.69 Å². The second-order valence-corrected chi connectivity index (χ2v) is 8.05. The summed E-state index contributed by atoms with van der Waals surface area (Å²) in [6.07, 6.45) is 1.43. The lowest BCUT2D eigenvalue weighted by molar-refractivity contribution is -0.130. The van der Waals surface area contributed by atoms with E-state index < -0.39 is 23.5 Å². The number of benzene rings is 2. The predicted molar refractivity (Wildman–Crippen MR) is 118 cm³/mol. The number of aromatic nitrogens is 1. The number of carbonyl (C=O) groups is 2. The molecule has 0 saturated heterocycles. The van der Waals surface area contributed by atoms with E-state index in [9.17, 15) is 18.4 Å². The van der Waals surface area contributed by atoms with Crippen molar-refractivity contribution in [2.45, 2.75) is 20.8 Å². The summed E-state index contributed by atoms with van der Waals surface area (Å²) in [5, 5.41) is 1.76. The van der Waals surface area contributed by atoms with Crippen LogP contribution in [0.3, 0.4) is 0 Å². The third-order valence-electron chi connectivity index (χ3n) is 4.54. The van der Waals surface area contributed by atoms with Crippen LogP contribution in [0.25, 0.3) is 6.08 Å². The molecule has 0 atom stereocenters. The largest absolute Gasteiger partial charge is 0.402 e. The number of rotatable bonds is 4. The molecule has 0 fully saturated rings. The Morgan fingerprint density at radius 3 is 2.50 bits per heavy atom. The SMILES string of the molecule is CC(=O)N(c1nc(/C=C2/N=C(c3cc(C)cc(C)c3)OC2=O)cs1)c1ccc(F)cc1F. The average molecular weight is 453 g/mol. The lowest BCUT2D eigenvalue weighted by atomic mass is 10.1. The summed E-state index contributed by atoms with van der Waals surface area (Å²) in [6.45, 7) is 5.12. The number of carbonyl (C=O) groups excluding carboxylic acids is 2. The summed E-state index contributed by atoms with van der Waals surface area (Å²) in [4.78, 5) is 34.1. The number of aryl methyl sites for hydroxylation is 2. The van der Waals surface area contributed by atoms with Gasteiger partial charge in [-0.2, -0.15) is 0 Å². The molecule has 0 radical (unpaired) electrons. The summed E-state index contributed by atoms with van der Waals surface area (Å²) in [5.41, 5.74) is 2.99. The molecule has 0 bridgehead atoms. The van der Waals surface area contributed by atoms with Crippen molar-refractivity contribution in [3.63, 3.8) is 0 Å². The smallest absolute Gasteiger partial charge is 0.363 e. The Hall–Kier alpha value is -3.72. The van der Waals surface area contributed by atoms with E-state index in [1.807, 2.05) is 32.0 Å². The number of thiazole rings is 1. The normalized spacial score (nSPS) is 14.5. The Morgan fingerprint density at radius 1 is 1.12 bits per heavy atom. The van der Waals surface area contributed by atoms with Gasteiger partial charge in [-0.25, -0.2) is 23.6 Å². The predicted octanol–water partition coefficient (Wildman–Crippen LogP) is 5.07. The summed E-state index contributed by atoms with van der Waals surface area (Å²) in [5.74, 6) is -2.57. The number of aliphatic imine (C=N–C) groups is 1. The van der Waals surface area contributed by atoms with Crippen molar-refractivity contribution in [3.05, 3.63) is 81.5 Å². The second-order valence-electron chi connectivity index (χ2n) is 7.22. The molecule has 32 heavy (non-hydrogen) atoms. The zero-order valence-corrected chi connectivity index (χ0v) is 18.2. The molecule has 1 aromatic heterocycles. The summed E-state index contributed by atoms with van der Waals surface area (Å²) in [6, 6.07) is 8.65. The Morgan fingerprint density at radius 2 is 1.84 bits per heavy atom. The highest BCUT2D eigenvalue weighted by Crippen LogP contribution is 2.32. The van der Waals surface area contributed by atoms with Gasteiger partial charge in [-0.05, 0) is 44.2 Å². The Labute approximate surface area is 186 Å². The molecular weight excluding hydrogens is 436 g/mol. The van der Waals surface area contributed by atoms with Gasteiger partial charge in [-0.15, -0.1) is 11.3 Å². The first-order chi connectivity index (χ1) is 15.2. The minimum atomic E-state index is -0.891. The molecule has 0 N–H and O–H groups in total. The fourth-order valence-electron chi connectivity index (χ4n) is 3.29. The van der Waals surface area contributed by atoms with Crippen LogP contribution in [0.15, 0.2) is 52.5 Å². The molecule has 1 aliphatic heterocycles. The van der Waals surface area contributed by atoms with Crippen molar-refractivity contribution >= 4 is 46.0 Å². The van der Waals surface area contributed by atoms with Crippen LogP contribution in [0.4, 0.5) is 19.6 Å². The van der Waals surface area contributed by atoms with Crippen molar-refractivity contribution in [2.24, 2.45) is 4.99 Å². The molecule has 4 rings (SSSR count). The zero-order valence-electron chi connectivity index (χ0n) is 17.3. The van der Waals surface area contributed by atoms with E-state index in [4.69, 9.17) is 4.74 Å². The van der Waals surface area contributed by atoms with Gasteiger partial charge in [0.25, 0.3) is 0 Å². The van der Waals surface area contributed by atoms with E-state index in [0.29, 0.717) is 17.3 Å². The van der Waals surface area contributed by atoms with Gasteiger partial charge in [-0.1, -0.05) is 17.2 Å². The highest BCUT2D eigenvalue weighted by Gasteiger charge is 2.26. The quantitative estimate of drug-likeness (QED) is 0.409. The van der Waals surface area contributed by atoms with Gasteiger partial charge in [0, 0.05) is 23.9 Å². The summed E-state index contributed by atoms with van der Waals surface area (Å²) >= 11 is 1.07. The van der Waals surface area contributed by atoms with E-state index in [1.54, 1.807) is 5.38 Å². The zero-order chi connectivity index (χ0) is 23.0. The van der Waals surface area contributed by atoms with Crippen LogP contribution in [-0.2, 0) is 14.3 Å². The van der Waals surface area contributed by atoms with Crippen molar-refractivity contribution < 1.29 is 23.1 Å². The van der Waals surface area contributed by atoms with E-state index in [1.165, 1.54) is 19.1 Å². The summed E-state index contributed by atoms with van der Waals surface area (Å²) < 4.78 is 32.8. The maximum absolute atomic E-state index is 14.2. The maximum Gasteiger partial charge on any atom is 0.363 e. The molecule has 3 aromatic rings. The van der Waals surface area contributed by atoms with Crippen LogP contribution in [0.2, 0.25) is 0 Å². The van der Waals surface area contributed by atoms with Crippen LogP contribution in [0.5, 0.6) is 0 Å². The van der Waals surface area contributed by atoms with Crippen LogP contribution in [0.1, 0.15) is 29.3 Å². The topological polar surface area (TPSA) is 71.9 Å². The maximum atomic E-state index is 14.2. The number of cyclic esters (lactones) is 1. The molecule has 0 aliphatic carbocycles. The Bertz CT molecular complexity index is 1290. The monoisotopic (exact) mass is 453 g/mol. The second kappa shape index (κ2) is 8.43. The molecule has 2 aromatic carbocycles. The van der Waals surface area contributed by atoms with Gasteiger partial charge in [0.15, 0.2) is 10.8 Å². The molecule has 1 aliphatic rings. The minimum Gasteiger partial charge on any atom is -0.402 e. The van der Waals surface area contributed by atoms with Crippen LogP contribution in [-0.4, -0.2) is 22.8 Å². The van der Waals surface area contributed by atoms with Gasteiger partial charge in [0.05, 0.1) is 11.4 Å². The number of nitrogens with zero attached hydrogens (tertiary/aromatic N) is 3. The van der Waals surface area contributed by atoms with Crippen molar-refractivity contribution in [1.82, 2.24) is 4.98 Å². The fraction of sp³-hybridized carbons (Fsp3) is 0.130. The molecule has 1 amide bonds. The third kappa shape index (κ3) is 4.33. The first-order valence-corrected chi connectivity index (χ1v) is 10.4. The fourth-order valence-corrected chi connectivity index (χ4v) is 4.12. The third-order valence-corrected chi connectivity index (χ3v) is 5.38. The van der Waals surface area contributed by atoms with E-state index in [0.717, 1.165) is 33.4 Å². The van der Waals surface area contributed by atoms with Crippen LogP contribution in [0, 0.1) is 25.5 Å². The molecule has 6 nitrogen and oxygen atoms in total. The van der Waals surface area contributed by atoms with E-state index >= 15 is 0 Å². The molecule has 9 heteroatoms. The average Bonchev–Trinajstić information content (AvgIpc) is 3.30. The minimum absolute atomic E-state index is 0.0540. The van der Waals surface area contributed by atoms with Crippen LogP contribution >= 0.6 is 11.3 Å². The van der Waals surface area contributed by atoms with Gasteiger partial charge in [0.2, 0.25) is 11.8 Å². The lowest BCUT2D eigenvalue weighted by Crippen LogP contribution is -2.23. The molecule has 2 heterocycles. The van der Waals surface area contributed by atoms with Gasteiger partial charge in [0.1, 0.15) is 11.6 Å². The number of halogens is 2. The Kier molecular flexibility index (Phi) is 5.67. The first-order valence-electron chi connectivity index (χ1n) is 9.54. The number of hydrogen-bond acceptors (Lipinski definition) is 6. The standard InChI is InChI=1S/C23H17F2N3O3S/c1-12-6-13(2)8-15(7-12)21-27-19(22(30)31-21)10-17-11-32-23(26-17)28(14(3)29)20-5-4-16(24)9-18(20)25/h4-11H,1-3H3/b19-10+. The van der Waals surface area contributed by atoms with Gasteiger partial charge >= 0.3 is 5.97 Å². The number of hydrogen-bond donors (Lipinski definition) is 0. The molecule has 0 spiro atoms. The van der Waals surface area contributed by atoms with E-state index in [2.05, 4.69) is 9.98 Å². The lowest BCUT2D eigenvalue weighted by Gasteiger charge is -2.18. The van der Waals surface area contributed by atoms with Crippen molar-refractivity contribution in [1.29, 1.82) is 0 Å². The first kappa shape index (κ1) is 21.5. The van der Waals surface area contributed by atoms with Gasteiger partial charge < -0.3 is 4.74 Å². The van der Waals surface area contributed by atoms with Crippen LogP contribution < -0.4 is 4.90 Å². The molecule has 162 valence electrons. The highest BCUT2D eigenvalue weighted by atomic mass is 32.1. The number of amides is 1. The number of esters is 1. The van der Waals surface area contributed by atoms with Crippen molar-refractivity contribution in [2.75, 3.05) is 4.90 Å². The highest BCUT2D eigenvalue weighted by molar-refractivity contribution is 7.14. The Balaban J connectivity index is 1.66. The molecule has 0 unspecified atom stereocenters.